The topological polar surface area (TPSA) is 49.4 Å². The SMILES string of the molecule is Cc1cc(CNC(=O)Cc2ccc(N3CCCC3=O)cc2)ccc1F. The van der Waals surface area contributed by atoms with E-state index in [0.29, 0.717) is 18.5 Å². The summed E-state index contributed by atoms with van der Waals surface area (Å²) in [6.45, 7) is 2.84. The Bertz CT molecular complexity index is 787. The van der Waals surface area contributed by atoms with E-state index in [1.165, 1.54) is 6.07 Å². The van der Waals surface area contributed by atoms with E-state index in [9.17, 15) is 14.0 Å². The molecule has 0 atom stereocenters. The molecule has 1 N–H and O–H groups in total. The summed E-state index contributed by atoms with van der Waals surface area (Å²) in [5.41, 5.74) is 3.21. The Morgan fingerprint density at radius 2 is 1.88 bits per heavy atom. The van der Waals surface area contributed by atoms with E-state index >= 15 is 0 Å². The summed E-state index contributed by atoms with van der Waals surface area (Å²) in [6.07, 6.45) is 1.77. The minimum atomic E-state index is -0.244. The van der Waals surface area contributed by atoms with Gasteiger partial charge in [0.05, 0.1) is 6.42 Å². The largest absolute Gasteiger partial charge is 0.352 e. The lowest BCUT2D eigenvalue weighted by Crippen LogP contribution is -2.25. The average molecular weight is 340 g/mol. The molecule has 1 saturated heterocycles. The fraction of sp³-hybridized carbons (Fsp3) is 0.300. The number of halogens is 1. The normalized spacial score (nSPS) is 14.0. The van der Waals surface area contributed by atoms with Crippen LogP contribution >= 0.6 is 0 Å². The number of hydrogen-bond donors (Lipinski definition) is 1. The Kier molecular flexibility index (Phi) is 5.12. The Labute approximate surface area is 146 Å². The number of carbonyl (C=O) groups excluding carboxylic acids is 2. The zero-order valence-corrected chi connectivity index (χ0v) is 14.2. The van der Waals surface area contributed by atoms with Crippen LogP contribution in [0, 0.1) is 12.7 Å². The summed E-state index contributed by atoms with van der Waals surface area (Å²) in [7, 11) is 0. The second-order valence-electron chi connectivity index (χ2n) is 6.35. The molecule has 0 aliphatic carbocycles. The van der Waals surface area contributed by atoms with Crippen molar-refractivity contribution in [2.75, 3.05) is 11.4 Å². The molecule has 2 amide bonds. The number of aryl methyl sites for hydroxylation is 1. The predicted molar refractivity (Wildman–Crippen MR) is 94.7 cm³/mol. The van der Waals surface area contributed by atoms with Crippen LogP contribution in [0.1, 0.15) is 29.5 Å². The standard InChI is InChI=1S/C20H21FN2O2/c1-14-11-16(6-9-18(14)21)13-22-19(24)12-15-4-7-17(8-5-15)23-10-2-3-20(23)25/h4-9,11H,2-3,10,12-13H2,1H3,(H,22,24). The van der Waals surface area contributed by atoms with E-state index in [0.717, 1.165) is 29.8 Å². The van der Waals surface area contributed by atoms with Crippen molar-refractivity contribution in [1.29, 1.82) is 0 Å². The molecule has 1 aliphatic heterocycles. The molecule has 25 heavy (non-hydrogen) atoms. The van der Waals surface area contributed by atoms with Gasteiger partial charge in [0.25, 0.3) is 0 Å². The van der Waals surface area contributed by atoms with Gasteiger partial charge < -0.3 is 10.2 Å². The van der Waals surface area contributed by atoms with Crippen molar-refractivity contribution >= 4 is 17.5 Å². The van der Waals surface area contributed by atoms with Crippen LogP contribution in [0.4, 0.5) is 10.1 Å². The van der Waals surface area contributed by atoms with Gasteiger partial charge in [-0.3, -0.25) is 9.59 Å². The molecule has 0 saturated carbocycles. The van der Waals surface area contributed by atoms with E-state index in [1.54, 1.807) is 24.0 Å². The second kappa shape index (κ2) is 7.47. The molecule has 0 aromatic heterocycles. The fourth-order valence-electron chi connectivity index (χ4n) is 2.98. The Morgan fingerprint density at radius 1 is 1.16 bits per heavy atom. The minimum absolute atomic E-state index is 0.0908. The first-order valence-corrected chi connectivity index (χ1v) is 8.44. The zero-order valence-electron chi connectivity index (χ0n) is 14.2. The Balaban J connectivity index is 1.54. The van der Waals surface area contributed by atoms with Gasteiger partial charge >= 0.3 is 0 Å². The van der Waals surface area contributed by atoms with Crippen molar-refractivity contribution in [1.82, 2.24) is 5.32 Å². The number of nitrogens with zero attached hydrogens (tertiary/aromatic N) is 1. The molecule has 1 fully saturated rings. The lowest BCUT2D eigenvalue weighted by atomic mass is 10.1. The molecule has 1 aliphatic rings. The van der Waals surface area contributed by atoms with Gasteiger partial charge in [-0.15, -0.1) is 0 Å². The van der Waals surface area contributed by atoms with Crippen LogP contribution in [0.25, 0.3) is 0 Å². The summed E-state index contributed by atoms with van der Waals surface area (Å²) in [4.78, 5) is 25.6. The first kappa shape index (κ1) is 17.1. The lowest BCUT2D eigenvalue weighted by molar-refractivity contribution is -0.120. The molecule has 130 valence electrons. The maximum Gasteiger partial charge on any atom is 0.227 e. The number of rotatable bonds is 5. The van der Waals surface area contributed by atoms with E-state index in [2.05, 4.69) is 5.32 Å². The molecule has 0 spiro atoms. The van der Waals surface area contributed by atoms with Gasteiger partial charge in [0.1, 0.15) is 5.82 Å². The summed E-state index contributed by atoms with van der Waals surface area (Å²) in [6, 6.07) is 12.3. The highest BCUT2D eigenvalue weighted by Gasteiger charge is 2.21. The smallest absolute Gasteiger partial charge is 0.227 e. The number of hydrogen-bond acceptors (Lipinski definition) is 2. The summed E-state index contributed by atoms with van der Waals surface area (Å²) >= 11 is 0. The molecule has 4 nitrogen and oxygen atoms in total. The maximum atomic E-state index is 13.2. The van der Waals surface area contributed by atoms with Crippen molar-refractivity contribution in [3.63, 3.8) is 0 Å². The van der Waals surface area contributed by atoms with Gasteiger partial charge in [-0.1, -0.05) is 24.3 Å². The number of amides is 2. The van der Waals surface area contributed by atoms with E-state index in [1.807, 2.05) is 24.3 Å². The molecule has 2 aromatic carbocycles. The Hall–Kier alpha value is -2.69. The first-order chi connectivity index (χ1) is 12.0. The molecular weight excluding hydrogens is 319 g/mol. The third-order valence-electron chi connectivity index (χ3n) is 4.40. The highest BCUT2D eigenvalue weighted by Crippen LogP contribution is 2.21. The maximum absolute atomic E-state index is 13.2. The van der Waals surface area contributed by atoms with Crippen molar-refractivity contribution in [3.05, 3.63) is 65.0 Å². The quantitative estimate of drug-likeness (QED) is 0.909. The van der Waals surface area contributed by atoms with Crippen molar-refractivity contribution in [2.24, 2.45) is 0 Å². The molecule has 5 heteroatoms. The van der Waals surface area contributed by atoms with Gasteiger partial charge in [-0.05, 0) is 48.2 Å². The molecule has 3 rings (SSSR count). The average Bonchev–Trinajstić information content (AvgIpc) is 3.03. The second-order valence-corrected chi connectivity index (χ2v) is 6.35. The zero-order chi connectivity index (χ0) is 17.8. The third kappa shape index (κ3) is 4.24. The molecule has 0 bridgehead atoms. The van der Waals surface area contributed by atoms with Crippen molar-refractivity contribution in [3.8, 4) is 0 Å². The van der Waals surface area contributed by atoms with Crippen molar-refractivity contribution < 1.29 is 14.0 Å². The van der Waals surface area contributed by atoms with Crippen LogP contribution in [0.2, 0.25) is 0 Å². The monoisotopic (exact) mass is 340 g/mol. The fourth-order valence-corrected chi connectivity index (χ4v) is 2.98. The van der Waals surface area contributed by atoms with Gasteiger partial charge in [-0.25, -0.2) is 4.39 Å². The van der Waals surface area contributed by atoms with Gasteiger partial charge in [0.15, 0.2) is 0 Å². The van der Waals surface area contributed by atoms with Gasteiger partial charge in [-0.2, -0.15) is 0 Å². The number of anilines is 1. The Morgan fingerprint density at radius 3 is 2.52 bits per heavy atom. The molecule has 0 radical (unpaired) electrons. The minimum Gasteiger partial charge on any atom is -0.352 e. The molecular formula is C20H21FN2O2. The first-order valence-electron chi connectivity index (χ1n) is 8.44. The highest BCUT2D eigenvalue weighted by molar-refractivity contribution is 5.95. The summed E-state index contributed by atoms with van der Waals surface area (Å²) < 4.78 is 13.2. The van der Waals surface area contributed by atoms with Crippen LogP contribution in [-0.4, -0.2) is 18.4 Å². The lowest BCUT2D eigenvalue weighted by Gasteiger charge is -2.15. The van der Waals surface area contributed by atoms with E-state index < -0.39 is 0 Å². The van der Waals surface area contributed by atoms with Crippen LogP contribution in [0.5, 0.6) is 0 Å². The number of carbonyl (C=O) groups is 2. The van der Waals surface area contributed by atoms with Crippen LogP contribution in [0.3, 0.4) is 0 Å². The number of benzene rings is 2. The third-order valence-corrected chi connectivity index (χ3v) is 4.40. The van der Waals surface area contributed by atoms with E-state index in [-0.39, 0.29) is 24.1 Å². The van der Waals surface area contributed by atoms with Crippen molar-refractivity contribution in [2.45, 2.75) is 32.7 Å². The molecule has 2 aromatic rings. The predicted octanol–water partition coefficient (Wildman–Crippen LogP) is 3.12. The summed E-state index contributed by atoms with van der Waals surface area (Å²) in [5, 5.41) is 2.84. The van der Waals surface area contributed by atoms with Crippen LogP contribution in [0.15, 0.2) is 42.5 Å². The van der Waals surface area contributed by atoms with Crippen LogP contribution in [-0.2, 0) is 22.6 Å². The van der Waals surface area contributed by atoms with Gasteiger partial charge in [0.2, 0.25) is 11.8 Å². The number of nitrogens with one attached hydrogen (secondary N) is 1. The van der Waals surface area contributed by atoms with Crippen LogP contribution < -0.4 is 10.2 Å². The summed E-state index contributed by atoms with van der Waals surface area (Å²) in [5.74, 6) is -0.182. The highest BCUT2D eigenvalue weighted by atomic mass is 19.1. The van der Waals surface area contributed by atoms with Gasteiger partial charge in [0, 0.05) is 25.2 Å². The molecule has 1 heterocycles. The molecule has 0 unspecified atom stereocenters. The van der Waals surface area contributed by atoms with E-state index in [4.69, 9.17) is 0 Å².